The highest BCUT2D eigenvalue weighted by atomic mass is 32.2. The molecule has 0 saturated heterocycles. The van der Waals surface area contributed by atoms with Gasteiger partial charge < -0.3 is 5.32 Å². The Morgan fingerprint density at radius 2 is 2.14 bits per heavy atom. The van der Waals surface area contributed by atoms with E-state index < -0.39 is 0 Å². The summed E-state index contributed by atoms with van der Waals surface area (Å²) in [5.41, 5.74) is 2.69. The third-order valence-electron chi connectivity index (χ3n) is 2.85. The first-order chi connectivity index (χ1) is 10.1. The number of nitrogens with zero attached hydrogens (tertiary/aromatic N) is 3. The summed E-state index contributed by atoms with van der Waals surface area (Å²) in [4.78, 5) is 9.46. The molecule has 1 heterocycles. The number of aromatic nitrogens is 2. The van der Waals surface area contributed by atoms with Crippen LogP contribution in [0.1, 0.15) is 30.7 Å². The third-order valence-corrected chi connectivity index (χ3v) is 3.81. The van der Waals surface area contributed by atoms with Gasteiger partial charge in [-0.15, -0.1) is 0 Å². The number of nitrogens with one attached hydrogen (secondary N) is 1. The summed E-state index contributed by atoms with van der Waals surface area (Å²) in [5.74, 6) is 0. The number of rotatable bonds is 5. The molecule has 5 heteroatoms. The van der Waals surface area contributed by atoms with Crippen molar-refractivity contribution in [2.75, 3.05) is 0 Å². The van der Waals surface area contributed by atoms with Gasteiger partial charge in [0.2, 0.25) is 0 Å². The molecule has 0 spiro atoms. The number of aryl methyl sites for hydroxylation is 1. The van der Waals surface area contributed by atoms with E-state index in [-0.39, 0.29) is 0 Å². The summed E-state index contributed by atoms with van der Waals surface area (Å²) in [6.45, 7) is 6.89. The van der Waals surface area contributed by atoms with Crippen LogP contribution >= 0.6 is 11.8 Å². The van der Waals surface area contributed by atoms with Gasteiger partial charge in [0, 0.05) is 29.4 Å². The van der Waals surface area contributed by atoms with Gasteiger partial charge in [0.1, 0.15) is 6.07 Å². The first kappa shape index (κ1) is 15.5. The van der Waals surface area contributed by atoms with Crippen LogP contribution < -0.4 is 5.32 Å². The minimum atomic E-state index is 0.422. The molecular formula is C16H18N4S. The van der Waals surface area contributed by atoms with Crippen LogP contribution in [0.4, 0.5) is 0 Å². The van der Waals surface area contributed by atoms with Crippen LogP contribution in [0, 0.1) is 18.3 Å². The van der Waals surface area contributed by atoms with Crippen molar-refractivity contribution in [3.63, 3.8) is 0 Å². The minimum absolute atomic E-state index is 0.422. The predicted molar refractivity (Wildman–Crippen MR) is 84.0 cm³/mol. The molecule has 0 amide bonds. The van der Waals surface area contributed by atoms with E-state index in [1.807, 2.05) is 31.2 Å². The van der Waals surface area contributed by atoms with Crippen molar-refractivity contribution in [3.05, 3.63) is 47.3 Å². The van der Waals surface area contributed by atoms with E-state index in [9.17, 15) is 5.26 Å². The number of hydrogen-bond donors (Lipinski definition) is 1. The average Bonchev–Trinajstić information content (AvgIpc) is 2.46. The molecule has 1 N–H and O–H groups in total. The van der Waals surface area contributed by atoms with E-state index in [0.29, 0.717) is 16.8 Å². The highest BCUT2D eigenvalue weighted by molar-refractivity contribution is 7.99. The van der Waals surface area contributed by atoms with Crippen LogP contribution in [0.2, 0.25) is 0 Å². The molecule has 1 aromatic heterocycles. The maximum absolute atomic E-state index is 9.33. The highest BCUT2D eigenvalue weighted by Gasteiger charge is 2.08. The van der Waals surface area contributed by atoms with Crippen LogP contribution in [-0.4, -0.2) is 16.0 Å². The van der Waals surface area contributed by atoms with Gasteiger partial charge in [-0.1, -0.05) is 19.9 Å². The molecule has 0 aliphatic carbocycles. The maximum atomic E-state index is 9.33. The van der Waals surface area contributed by atoms with Crippen LogP contribution in [0.5, 0.6) is 0 Å². The number of nitriles is 1. The molecule has 108 valence electrons. The van der Waals surface area contributed by atoms with Gasteiger partial charge in [-0.05, 0) is 42.4 Å². The lowest BCUT2D eigenvalue weighted by atomic mass is 10.1. The SMILES string of the molecule is Cc1ccnc(Sc2ccc(CNC(C)C)cc2C#N)n1. The zero-order chi connectivity index (χ0) is 15.2. The molecule has 0 aliphatic rings. The molecule has 0 radical (unpaired) electrons. The predicted octanol–water partition coefficient (Wildman–Crippen LogP) is 3.31. The second-order valence-corrected chi connectivity index (χ2v) is 6.07. The fraction of sp³-hybridized carbons (Fsp3) is 0.312. The van der Waals surface area contributed by atoms with Gasteiger partial charge in [-0.3, -0.25) is 0 Å². The molecule has 4 nitrogen and oxygen atoms in total. The van der Waals surface area contributed by atoms with Crippen LogP contribution in [0.25, 0.3) is 0 Å². The standard InChI is InChI=1S/C16H18N4S/c1-11(2)19-10-13-4-5-15(14(8-13)9-17)21-16-18-7-6-12(3)20-16/h4-8,11,19H,10H2,1-3H3. The summed E-state index contributed by atoms with van der Waals surface area (Å²) >= 11 is 1.42. The van der Waals surface area contributed by atoms with E-state index in [0.717, 1.165) is 22.7 Å². The highest BCUT2D eigenvalue weighted by Crippen LogP contribution is 2.28. The molecule has 0 atom stereocenters. The van der Waals surface area contributed by atoms with Gasteiger partial charge >= 0.3 is 0 Å². The van der Waals surface area contributed by atoms with E-state index in [4.69, 9.17) is 0 Å². The van der Waals surface area contributed by atoms with Gasteiger partial charge in [-0.25, -0.2) is 9.97 Å². The van der Waals surface area contributed by atoms with E-state index in [2.05, 4.69) is 35.2 Å². The average molecular weight is 298 g/mol. The summed E-state index contributed by atoms with van der Waals surface area (Å²) < 4.78 is 0. The third kappa shape index (κ3) is 4.55. The first-order valence-electron chi connectivity index (χ1n) is 6.82. The Labute approximate surface area is 129 Å². The summed E-state index contributed by atoms with van der Waals surface area (Å²) in [6, 6.07) is 10.5. The van der Waals surface area contributed by atoms with Gasteiger partial charge in [0.05, 0.1) is 5.56 Å². The quantitative estimate of drug-likeness (QED) is 0.858. The van der Waals surface area contributed by atoms with Crippen molar-refractivity contribution in [2.24, 2.45) is 0 Å². The van der Waals surface area contributed by atoms with Crippen molar-refractivity contribution in [1.82, 2.24) is 15.3 Å². The topological polar surface area (TPSA) is 61.6 Å². The lowest BCUT2D eigenvalue weighted by Gasteiger charge is -2.10. The molecule has 2 aromatic rings. The van der Waals surface area contributed by atoms with Crippen LogP contribution in [-0.2, 0) is 6.54 Å². The normalized spacial score (nSPS) is 10.6. The van der Waals surface area contributed by atoms with Gasteiger partial charge in [0.15, 0.2) is 5.16 Å². The molecule has 0 aliphatic heterocycles. The zero-order valence-electron chi connectivity index (χ0n) is 12.4. The Balaban J connectivity index is 2.18. The monoisotopic (exact) mass is 298 g/mol. The maximum Gasteiger partial charge on any atom is 0.192 e. The minimum Gasteiger partial charge on any atom is -0.310 e. The summed E-state index contributed by atoms with van der Waals surface area (Å²) in [6.07, 6.45) is 1.73. The molecule has 2 rings (SSSR count). The van der Waals surface area contributed by atoms with Crippen molar-refractivity contribution >= 4 is 11.8 Å². The van der Waals surface area contributed by atoms with Gasteiger partial charge in [0.25, 0.3) is 0 Å². The Hall–Kier alpha value is -1.90. The van der Waals surface area contributed by atoms with Crippen LogP contribution in [0.15, 0.2) is 40.5 Å². The van der Waals surface area contributed by atoms with E-state index in [1.54, 1.807) is 6.20 Å². The zero-order valence-corrected chi connectivity index (χ0v) is 13.2. The molecule has 0 bridgehead atoms. The summed E-state index contributed by atoms with van der Waals surface area (Å²) in [7, 11) is 0. The van der Waals surface area contributed by atoms with Crippen molar-refractivity contribution in [3.8, 4) is 6.07 Å². The lowest BCUT2D eigenvalue weighted by Crippen LogP contribution is -2.21. The van der Waals surface area contributed by atoms with E-state index in [1.165, 1.54) is 11.8 Å². The second-order valence-electron chi connectivity index (χ2n) is 5.06. The molecular weight excluding hydrogens is 280 g/mol. The fourth-order valence-corrected chi connectivity index (χ4v) is 2.61. The second kappa shape index (κ2) is 7.21. The van der Waals surface area contributed by atoms with Gasteiger partial charge in [-0.2, -0.15) is 5.26 Å². The Morgan fingerprint density at radius 3 is 2.81 bits per heavy atom. The van der Waals surface area contributed by atoms with E-state index >= 15 is 0 Å². The fourth-order valence-electron chi connectivity index (χ4n) is 1.76. The molecule has 1 aromatic carbocycles. The number of benzene rings is 1. The largest absolute Gasteiger partial charge is 0.310 e. The smallest absolute Gasteiger partial charge is 0.192 e. The molecule has 0 unspecified atom stereocenters. The van der Waals surface area contributed by atoms with Crippen molar-refractivity contribution in [2.45, 2.75) is 43.4 Å². The van der Waals surface area contributed by atoms with Crippen molar-refractivity contribution in [1.29, 1.82) is 5.26 Å². The first-order valence-corrected chi connectivity index (χ1v) is 7.64. The molecule has 0 fully saturated rings. The molecule has 0 saturated carbocycles. The van der Waals surface area contributed by atoms with Crippen molar-refractivity contribution < 1.29 is 0 Å². The summed E-state index contributed by atoms with van der Waals surface area (Å²) in [5, 5.41) is 13.3. The Morgan fingerprint density at radius 1 is 1.33 bits per heavy atom. The van der Waals surface area contributed by atoms with Crippen LogP contribution in [0.3, 0.4) is 0 Å². The lowest BCUT2D eigenvalue weighted by molar-refractivity contribution is 0.588. The number of hydrogen-bond acceptors (Lipinski definition) is 5. The Bertz CT molecular complexity index is 662. The Kier molecular flexibility index (Phi) is 5.32. The molecule has 21 heavy (non-hydrogen) atoms.